The van der Waals surface area contributed by atoms with E-state index in [0.29, 0.717) is 12.0 Å². The summed E-state index contributed by atoms with van der Waals surface area (Å²) in [4.78, 5) is 13.2. The number of oxazole rings is 1. The number of nitrogens with one attached hydrogen (secondary N) is 1. The molecule has 0 radical (unpaired) electrons. The average molecular weight is 281 g/mol. The molecule has 0 spiro atoms. The van der Waals surface area contributed by atoms with E-state index in [-0.39, 0.29) is 6.04 Å². The molecule has 0 aliphatic heterocycles. The molecule has 0 bridgehead atoms. The Balaban J connectivity index is 1.62. The normalized spacial score (nSPS) is 17.7. The van der Waals surface area contributed by atoms with E-state index in [4.69, 9.17) is 10.2 Å². The SMILES string of the molecule is N[C@@H]1CCc2nc(Nc3nc4ccccc4o3)ncc2C1. The Bertz CT molecular complexity index is 765. The molecule has 3 N–H and O–H groups in total. The van der Waals surface area contributed by atoms with Crippen LogP contribution in [0.15, 0.2) is 34.9 Å². The summed E-state index contributed by atoms with van der Waals surface area (Å²) in [6, 6.07) is 8.24. The van der Waals surface area contributed by atoms with E-state index in [1.807, 2.05) is 30.5 Å². The predicted octanol–water partition coefficient (Wildman–Crippen LogP) is 2.18. The minimum Gasteiger partial charge on any atom is -0.423 e. The molecule has 1 aromatic carbocycles. The van der Waals surface area contributed by atoms with Crippen LogP contribution >= 0.6 is 0 Å². The van der Waals surface area contributed by atoms with Crippen molar-refractivity contribution in [2.45, 2.75) is 25.3 Å². The van der Waals surface area contributed by atoms with E-state index < -0.39 is 0 Å². The molecule has 0 saturated carbocycles. The zero-order valence-electron chi connectivity index (χ0n) is 11.4. The van der Waals surface area contributed by atoms with Crippen LogP contribution in [-0.4, -0.2) is 21.0 Å². The fraction of sp³-hybridized carbons (Fsp3) is 0.267. The second-order valence-electron chi connectivity index (χ2n) is 5.28. The van der Waals surface area contributed by atoms with Gasteiger partial charge in [-0.25, -0.2) is 9.97 Å². The third-order valence-electron chi connectivity index (χ3n) is 3.70. The summed E-state index contributed by atoms with van der Waals surface area (Å²) in [5, 5.41) is 3.02. The molecule has 6 heteroatoms. The summed E-state index contributed by atoms with van der Waals surface area (Å²) in [7, 11) is 0. The van der Waals surface area contributed by atoms with Crippen LogP contribution in [0.4, 0.5) is 12.0 Å². The predicted molar refractivity (Wildman–Crippen MR) is 79.3 cm³/mol. The lowest BCUT2D eigenvalue weighted by molar-refractivity contribution is 0.564. The van der Waals surface area contributed by atoms with Gasteiger partial charge in [-0.2, -0.15) is 4.98 Å². The molecule has 106 valence electrons. The summed E-state index contributed by atoms with van der Waals surface area (Å²) >= 11 is 0. The fourth-order valence-corrected chi connectivity index (χ4v) is 2.62. The molecule has 21 heavy (non-hydrogen) atoms. The quantitative estimate of drug-likeness (QED) is 0.748. The molecule has 4 rings (SSSR count). The van der Waals surface area contributed by atoms with E-state index in [2.05, 4.69) is 20.3 Å². The van der Waals surface area contributed by atoms with Crippen LogP contribution in [0, 0.1) is 0 Å². The number of para-hydroxylation sites is 2. The minimum absolute atomic E-state index is 0.219. The van der Waals surface area contributed by atoms with Gasteiger partial charge >= 0.3 is 6.01 Å². The largest absolute Gasteiger partial charge is 0.423 e. The highest BCUT2D eigenvalue weighted by Gasteiger charge is 2.18. The van der Waals surface area contributed by atoms with Gasteiger partial charge in [0.2, 0.25) is 5.95 Å². The number of aryl methyl sites for hydroxylation is 1. The Morgan fingerprint density at radius 3 is 3.05 bits per heavy atom. The van der Waals surface area contributed by atoms with Crippen molar-refractivity contribution in [1.29, 1.82) is 0 Å². The first-order chi connectivity index (χ1) is 10.3. The number of fused-ring (bicyclic) bond motifs is 2. The highest BCUT2D eigenvalue weighted by atomic mass is 16.4. The van der Waals surface area contributed by atoms with Crippen molar-refractivity contribution in [3.8, 4) is 0 Å². The standard InChI is InChI=1S/C15H15N5O/c16-10-5-6-11-9(7-10)8-17-14(18-11)20-15-19-12-3-1-2-4-13(12)21-15/h1-4,8,10H,5-7,16H2,(H,17,18,19,20)/t10-/m1/s1. The Morgan fingerprint density at radius 2 is 2.14 bits per heavy atom. The van der Waals surface area contributed by atoms with Gasteiger partial charge in [0, 0.05) is 17.9 Å². The van der Waals surface area contributed by atoms with Gasteiger partial charge in [-0.3, -0.25) is 5.32 Å². The number of hydrogen-bond acceptors (Lipinski definition) is 6. The lowest BCUT2D eigenvalue weighted by atomic mass is 9.94. The van der Waals surface area contributed by atoms with Crippen LogP contribution in [0.3, 0.4) is 0 Å². The van der Waals surface area contributed by atoms with Crippen LogP contribution in [0.25, 0.3) is 11.1 Å². The molecular formula is C15H15N5O. The molecule has 0 saturated heterocycles. The van der Waals surface area contributed by atoms with Gasteiger partial charge in [-0.05, 0) is 37.0 Å². The second-order valence-corrected chi connectivity index (χ2v) is 5.28. The number of nitrogens with zero attached hydrogens (tertiary/aromatic N) is 3. The Labute approximate surface area is 121 Å². The number of hydrogen-bond donors (Lipinski definition) is 2. The molecule has 2 heterocycles. The van der Waals surface area contributed by atoms with Crippen LogP contribution < -0.4 is 11.1 Å². The highest BCUT2D eigenvalue weighted by molar-refractivity contribution is 5.74. The lowest BCUT2D eigenvalue weighted by Crippen LogP contribution is -2.28. The average Bonchev–Trinajstić information content (AvgIpc) is 2.89. The van der Waals surface area contributed by atoms with Gasteiger partial charge in [0.25, 0.3) is 0 Å². The number of aromatic nitrogens is 3. The molecule has 1 aliphatic carbocycles. The third kappa shape index (κ3) is 2.34. The molecule has 3 aromatic rings. The van der Waals surface area contributed by atoms with E-state index in [9.17, 15) is 0 Å². The summed E-state index contributed by atoms with van der Waals surface area (Å²) in [6.45, 7) is 0. The summed E-state index contributed by atoms with van der Waals surface area (Å²) in [5.41, 5.74) is 9.70. The number of nitrogens with two attached hydrogens (primary N) is 1. The van der Waals surface area contributed by atoms with Crippen molar-refractivity contribution < 1.29 is 4.42 Å². The third-order valence-corrected chi connectivity index (χ3v) is 3.70. The number of rotatable bonds is 2. The van der Waals surface area contributed by atoms with E-state index in [0.717, 1.165) is 41.6 Å². The number of benzene rings is 1. The van der Waals surface area contributed by atoms with Crippen molar-refractivity contribution in [3.63, 3.8) is 0 Å². The van der Waals surface area contributed by atoms with Crippen LogP contribution in [0.1, 0.15) is 17.7 Å². The summed E-state index contributed by atoms with van der Waals surface area (Å²) < 4.78 is 5.61. The Kier molecular flexibility index (Phi) is 2.82. The van der Waals surface area contributed by atoms with Crippen molar-refractivity contribution in [3.05, 3.63) is 41.7 Å². The van der Waals surface area contributed by atoms with Crippen LogP contribution in [0.2, 0.25) is 0 Å². The van der Waals surface area contributed by atoms with E-state index >= 15 is 0 Å². The molecular weight excluding hydrogens is 266 g/mol. The van der Waals surface area contributed by atoms with E-state index in [1.165, 1.54) is 0 Å². The topological polar surface area (TPSA) is 89.9 Å². The highest BCUT2D eigenvalue weighted by Crippen LogP contribution is 2.22. The molecule has 1 atom stereocenters. The van der Waals surface area contributed by atoms with Gasteiger partial charge in [0.1, 0.15) is 5.52 Å². The van der Waals surface area contributed by atoms with E-state index in [1.54, 1.807) is 0 Å². The lowest BCUT2D eigenvalue weighted by Gasteiger charge is -2.20. The first-order valence-corrected chi connectivity index (χ1v) is 7.01. The van der Waals surface area contributed by atoms with Gasteiger partial charge in [0.05, 0.1) is 0 Å². The van der Waals surface area contributed by atoms with Gasteiger partial charge in [-0.1, -0.05) is 12.1 Å². The zero-order valence-corrected chi connectivity index (χ0v) is 11.4. The minimum atomic E-state index is 0.219. The van der Waals surface area contributed by atoms with Gasteiger partial charge < -0.3 is 10.2 Å². The Hall–Kier alpha value is -2.47. The summed E-state index contributed by atoms with van der Waals surface area (Å²) in [6.07, 6.45) is 4.54. The van der Waals surface area contributed by atoms with Crippen LogP contribution in [0.5, 0.6) is 0 Å². The molecule has 2 aromatic heterocycles. The molecule has 6 nitrogen and oxygen atoms in total. The first kappa shape index (κ1) is 12.3. The van der Waals surface area contributed by atoms with Gasteiger partial charge in [-0.15, -0.1) is 0 Å². The maximum atomic E-state index is 5.96. The monoisotopic (exact) mass is 281 g/mol. The number of anilines is 2. The molecule has 0 unspecified atom stereocenters. The van der Waals surface area contributed by atoms with Crippen molar-refractivity contribution in [2.24, 2.45) is 5.73 Å². The van der Waals surface area contributed by atoms with Crippen molar-refractivity contribution >= 4 is 23.1 Å². The zero-order chi connectivity index (χ0) is 14.2. The molecule has 0 fully saturated rings. The fourth-order valence-electron chi connectivity index (χ4n) is 2.62. The Morgan fingerprint density at radius 1 is 1.24 bits per heavy atom. The summed E-state index contributed by atoms with van der Waals surface area (Å²) in [5.74, 6) is 0.510. The maximum Gasteiger partial charge on any atom is 0.302 e. The first-order valence-electron chi connectivity index (χ1n) is 7.01. The van der Waals surface area contributed by atoms with Crippen LogP contribution in [-0.2, 0) is 12.8 Å². The molecule has 0 amide bonds. The van der Waals surface area contributed by atoms with Crippen molar-refractivity contribution in [1.82, 2.24) is 15.0 Å². The maximum absolute atomic E-state index is 5.96. The second kappa shape index (κ2) is 4.82. The molecule has 1 aliphatic rings. The smallest absolute Gasteiger partial charge is 0.302 e. The van der Waals surface area contributed by atoms with Crippen molar-refractivity contribution in [2.75, 3.05) is 5.32 Å². The van der Waals surface area contributed by atoms with Gasteiger partial charge in [0.15, 0.2) is 5.58 Å².